The van der Waals surface area contributed by atoms with Gasteiger partial charge in [0.2, 0.25) is 12.4 Å². The van der Waals surface area contributed by atoms with Gasteiger partial charge in [-0.05, 0) is 0 Å². The average Bonchev–Trinajstić information content (AvgIpc) is 2.35. The quantitative estimate of drug-likeness (QED) is 0.470. The van der Waals surface area contributed by atoms with Crippen LogP contribution in [0.3, 0.4) is 0 Å². The Labute approximate surface area is 120 Å². The van der Waals surface area contributed by atoms with Crippen molar-refractivity contribution in [2.45, 2.75) is 51.5 Å². The summed E-state index contributed by atoms with van der Waals surface area (Å²) in [6, 6.07) is 0. The van der Waals surface area contributed by atoms with Crippen molar-refractivity contribution in [2.75, 3.05) is 6.61 Å². The summed E-state index contributed by atoms with van der Waals surface area (Å²) in [7, 11) is 0. The fourth-order valence-electron chi connectivity index (χ4n) is 1.94. The molecule has 120 valence electrons. The fraction of sp³-hybridized carbons (Fsp3) is 0.750. The summed E-state index contributed by atoms with van der Waals surface area (Å²) in [6.45, 7) is 2.69. The molecule has 21 heavy (non-hydrogen) atoms. The Morgan fingerprint density at radius 3 is 1.86 bits per heavy atom. The molecule has 9 nitrogen and oxygen atoms in total. The maximum absolute atomic E-state index is 11.1. The van der Waals surface area contributed by atoms with Gasteiger partial charge in [0.15, 0.2) is 6.10 Å². The Morgan fingerprint density at radius 2 is 1.43 bits per heavy atom. The molecule has 1 aliphatic rings. The summed E-state index contributed by atoms with van der Waals surface area (Å²) >= 11 is 0. The van der Waals surface area contributed by atoms with Gasteiger partial charge in [0.05, 0.1) is 6.61 Å². The van der Waals surface area contributed by atoms with Crippen LogP contribution >= 0.6 is 0 Å². The van der Waals surface area contributed by atoms with E-state index in [4.69, 9.17) is 24.1 Å². The molecule has 0 aliphatic carbocycles. The number of ether oxygens (including phenoxy) is 4. The summed E-state index contributed by atoms with van der Waals surface area (Å²) in [5.74, 6) is -2.21. The van der Waals surface area contributed by atoms with Crippen molar-refractivity contribution < 1.29 is 43.5 Å². The van der Waals surface area contributed by atoms with Gasteiger partial charge in [0, 0.05) is 20.8 Å². The molecule has 2 N–H and O–H groups in total. The number of aliphatic hydroxyl groups is 2. The normalized spacial score (nSPS) is 32.1. The Morgan fingerprint density at radius 1 is 0.952 bits per heavy atom. The van der Waals surface area contributed by atoms with Crippen LogP contribution in [0, 0.1) is 0 Å². The monoisotopic (exact) mass is 306 g/mol. The smallest absolute Gasteiger partial charge is 0.305 e. The first kappa shape index (κ1) is 17.3. The van der Waals surface area contributed by atoms with E-state index in [9.17, 15) is 19.5 Å². The van der Waals surface area contributed by atoms with Gasteiger partial charge in [0.25, 0.3) is 0 Å². The zero-order valence-corrected chi connectivity index (χ0v) is 11.8. The SMILES string of the molecule is CC(=O)OC1OC(CO)[C@H](O)C(OC(C)=O)C1OC(C)=O. The molecule has 0 aromatic rings. The maximum atomic E-state index is 11.1. The minimum absolute atomic E-state index is 0.608. The molecule has 1 saturated heterocycles. The van der Waals surface area contributed by atoms with Crippen LogP contribution in [0.2, 0.25) is 0 Å². The van der Waals surface area contributed by atoms with Gasteiger partial charge in [-0.1, -0.05) is 0 Å². The van der Waals surface area contributed by atoms with Crippen molar-refractivity contribution in [3.8, 4) is 0 Å². The van der Waals surface area contributed by atoms with Crippen LogP contribution in [-0.2, 0) is 33.3 Å². The van der Waals surface area contributed by atoms with Gasteiger partial charge >= 0.3 is 17.9 Å². The molecule has 0 amide bonds. The van der Waals surface area contributed by atoms with E-state index in [0.717, 1.165) is 20.8 Å². The fourth-order valence-corrected chi connectivity index (χ4v) is 1.94. The summed E-state index contributed by atoms with van der Waals surface area (Å²) in [4.78, 5) is 33.3. The predicted molar refractivity (Wildman–Crippen MR) is 64.6 cm³/mol. The molecule has 0 radical (unpaired) electrons. The van der Waals surface area contributed by atoms with Gasteiger partial charge in [-0.15, -0.1) is 0 Å². The molecule has 1 fully saturated rings. The molecule has 0 aromatic carbocycles. The van der Waals surface area contributed by atoms with E-state index in [2.05, 4.69) is 0 Å². The lowest BCUT2D eigenvalue weighted by molar-refractivity contribution is -0.297. The summed E-state index contributed by atoms with van der Waals surface area (Å²) in [5, 5.41) is 19.2. The number of rotatable bonds is 4. The largest absolute Gasteiger partial charge is 0.455 e. The Balaban J connectivity index is 3.05. The van der Waals surface area contributed by atoms with Gasteiger partial charge in [0.1, 0.15) is 12.2 Å². The summed E-state index contributed by atoms with van der Waals surface area (Å²) in [6.07, 6.45) is -6.69. The maximum Gasteiger partial charge on any atom is 0.305 e. The number of hydrogen-bond acceptors (Lipinski definition) is 9. The second-order valence-electron chi connectivity index (χ2n) is 4.47. The minimum Gasteiger partial charge on any atom is -0.455 e. The van der Waals surface area contributed by atoms with Crippen LogP contribution in [-0.4, -0.2) is 65.4 Å². The number of esters is 3. The molecular formula is C12H18O9. The minimum atomic E-state index is -1.45. The molecule has 1 aliphatic heterocycles. The van der Waals surface area contributed by atoms with Crippen molar-refractivity contribution in [1.82, 2.24) is 0 Å². The number of carbonyl (C=O) groups is 3. The Kier molecular flexibility index (Phi) is 6.06. The molecular weight excluding hydrogens is 288 g/mol. The first-order valence-corrected chi connectivity index (χ1v) is 6.22. The lowest BCUT2D eigenvalue weighted by Gasteiger charge is -2.41. The Hall–Kier alpha value is -1.71. The van der Waals surface area contributed by atoms with E-state index >= 15 is 0 Å². The highest BCUT2D eigenvalue weighted by molar-refractivity contribution is 5.68. The molecule has 0 saturated carbocycles. The molecule has 1 heterocycles. The van der Waals surface area contributed by atoms with E-state index in [1.165, 1.54) is 0 Å². The lowest BCUT2D eigenvalue weighted by atomic mass is 9.98. The van der Waals surface area contributed by atoms with Crippen LogP contribution in [0.4, 0.5) is 0 Å². The molecule has 0 spiro atoms. The van der Waals surface area contributed by atoms with Crippen molar-refractivity contribution in [2.24, 2.45) is 0 Å². The molecule has 0 bridgehead atoms. The van der Waals surface area contributed by atoms with Crippen molar-refractivity contribution in [3.05, 3.63) is 0 Å². The first-order valence-electron chi connectivity index (χ1n) is 6.22. The molecule has 0 aromatic heterocycles. The van der Waals surface area contributed by atoms with Crippen LogP contribution in [0.15, 0.2) is 0 Å². The number of aliphatic hydroxyl groups excluding tert-OH is 2. The molecule has 1 rings (SSSR count). The van der Waals surface area contributed by atoms with Crippen LogP contribution in [0.1, 0.15) is 20.8 Å². The molecule has 5 atom stereocenters. The first-order chi connectivity index (χ1) is 9.76. The highest BCUT2D eigenvalue weighted by Gasteiger charge is 2.50. The van der Waals surface area contributed by atoms with Gasteiger partial charge < -0.3 is 29.2 Å². The number of hydrogen-bond donors (Lipinski definition) is 2. The van der Waals surface area contributed by atoms with Crippen LogP contribution in [0.25, 0.3) is 0 Å². The molecule has 4 unspecified atom stereocenters. The highest BCUT2D eigenvalue weighted by Crippen LogP contribution is 2.27. The van der Waals surface area contributed by atoms with Gasteiger partial charge in [-0.2, -0.15) is 0 Å². The van der Waals surface area contributed by atoms with Crippen molar-refractivity contribution >= 4 is 17.9 Å². The van der Waals surface area contributed by atoms with E-state index in [-0.39, 0.29) is 0 Å². The van der Waals surface area contributed by atoms with E-state index in [1.807, 2.05) is 0 Å². The third-order valence-electron chi connectivity index (χ3n) is 2.68. The number of carbonyl (C=O) groups excluding carboxylic acids is 3. The van der Waals surface area contributed by atoms with Crippen molar-refractivity contribution in [3.63, 3.8) is 0 Å². The lowest BCUT2D eigenvalue weighted by Crippen LogP contribution is -2.61. The van der Waals surface area contributed by atoms with Gasteiger partial charge in [-0.25, -0.2) is 0 Å². The van der Waals surface area contributed by atoms with Crippen LogP contribution in [0.5, 0.6) is 0 Å². The standard InChI is InChI=1S/C12H18O9/c1-5(14)18-10-9(17)8(4-13)21-12(20-7(3)16)11(10)19-6(2)15/h8-13,17H,4H2,1-3H3/t8?,9-,10?,11?,12?/m0/s1. The molecule has 9 heteroatoms. The van der Waals surface area contributed by atoms with Gasteiger partial charge in [-0.3, -0.25) is 14.4 Å². The second kappa shape index (κ2) is 7.34. The Bertz CT molecular complexity index is 408. The summed E-state index contributed by atoms with van der Waals surface area (Å²) in [5.41, 5.74) is 0. The van der Waals surface area contributed by atoms with Crippen molar-refractivity contribution in [1.29, 1.82) is 0 Å². The predicted octanol–water partition coefficient (Wildman–Crippen LogP) is -1.51. The summed E-state index contributed by atoms with van der Waals surface area (Å²) < 4.78 is 19.9. The second-order valence-corrected chi connectivity index (χ2v) is 4.47. The zero-order chi connectivity index (χ0) is 16.2. The topological polar surface area (TPSA) is 129 Å². The van der Waals surface area contributed by atoms with E-state index in [1.54, 1.807) is 0 Å². The zero-order valence-electron chi connectivity index (χ0n) is 11.8. The third-order valence-corrected chi connectivity index (χ3v) is 2.68. The third kappa shape index (κ3) is 4.66. The average molecular weight is 306 g/mol. The van der Waals surface area contributed by atoms with E-state index in [0.29, 0.717) is 0 Å². The highest BCUT2D eigenvalue weighted by atomic mass is 16.7. The van der Waals surface area contributed by atoms with E-state index < -0.39 is 55.2 Å². The van der Waals surface area contributed by atoms with Crippen LogP contribution < -0.4 is 0 Å².